The standard InChI is InChI=1S/C20H20N2O2.3C19H18N2O2.C18H15BrN2O2/c1-13-4-7-16(8-5-13)19-12-17(24-22-19)9-11-20(23)18-10-6-14(2)21-15(18)3;2*1-13-3-6-15(7-4-13)18-11-17(23-21-18)9-10-19(22)16-8-5-14(2)20-12-16;1-13-4-3-5-15(10-13)18-11-17(23-21-18)8-9-19(22)16-7-6-14(2)20-12-16;1-12-6-7-13(11-20-12)18(22)9-8-14-10-17(21-23-14)15-4-2-3-5-16(15)19/h4-8,10,12H,9,11H2,1-3H3;2*3-8,11-12H,9-10H2,1-2H3;3-7,10-12H,8-9H2,1-2H3;2-7,10-11H,8-9H2,1H3. The second-order valence-electron chi connectivity index (χ2n) is 28.3. The number of hydrogen-bond acceptors (Lipinski definition) is 20. The van der Waals surface area contributed by atoms with Crippen LogP contribution in [0.3, 0.4) is 0 Å². The first-order chi connectivity index (χ1) is 56.0. The topological polar surface area (TPSA) is 280 Å². The Balaban J connectivity index is 0.000000143. The molecule has 15 rings (SSSR count). The lowest BCUT2D eigenvalue weighted by molar-refractivity contribution is 0.0971. The Bertz CT molecular complexity index is 5630. The fourth-order valence-electron chi connectivity index (χ4n) is 11.9. The lowest BCUT2D eigenvalue weighted by atomic mass is 10.0. The predicted molar refractivity (Wildman–Crippen MR) is 449 cm³/mol. The average molecular weight is 1610 g/mol. The van der Waals surface area contributed by atoms with Crippen LogP contribution in [0.15, 0.2) is 264 Å². The van der Waals surface area contributed by atoms with Gasteiger partial charge in [-0.2, -0.15) is 0 Å². The monoisotopic (exact) mass is 1610 g/mol. The van der Waals surface area contributed by atoms with Gasteiger partial charge in [-0.1, -0.05) is 173 Å². The molecule has 0 spiro atoms. The Labute approximate surface area is 682 Å². The molecule has 15 aromatic rings. The number of aryl methyl sites for hydroxylation is 15. The number of ketones is 5. The molecule has 586 valence electrons. The number of benzene rings is 5. The van der Waals surface area contributed by atoms with E-state index < -0.39 is 0 Å². The summed E-state index contributed by atoms with van der Waals surface area (Å²) in [6.07, 6.45) is 11.0. The highest BCUT2D eigenvalue weighted by atomic mass is 79.9. The molecule has 0 N–H and O–H groups in total. The van der Waals surface area contributed by atoms with Gasteiger partial charge in [0.05, 0.1) is 0 Å². The zero-order valence-corrected chi connectivity index (χ0v) is 68.1. The summed E-state index contributed by atoms with van der Waals surface area (Å²) in [6, 6.07) is 68.0. The molecule has 0 saturated carbocycles. The van der Waals surface area contributed by atoms with Crippen LogP contribution in [0.1, 0.15) is 169 Å². The zero-order valence-electron chi connectivity index (χ0n) is 66.5. The van der Waals surface area contributed by atoms with Crippen molar-refractivity contribution in [3.63, 3.8) is 0 Å². The van der Waals surface area contributed by atoms with Crippen molar-refractivity contribution in [1.29, 1.82) is 0 Å². The van der Waals surface area contributed by atoms with Gasteiger partial charge in [-0.15, -0.1) is 0 Å². The summed E-state index contributed by atoms with van der Waals surface area (Å²) in [5, 5.41) is 20.4. The van der Waals surface area contributed by atoms with Gasteiger partial charge in [0, 0.05) is 214 Å². The molecule has 10 aromatic heterocycles. The molecule has 0 unspecified atom stereocenters. The summed E-state index contributed by atoms with van der Waals surface area (Å²) in [5.41, 5.74) is 22.3. The number of hydrogen-bond donors (Lipinski definition) is 0. The number of rotatable bonds is 25. The van der Waals surface area contributed by atoms with Gasteiger partial charge in [0.1, 0.15) is 57.3 Å². The minimum absolute atomic E-state index is 0.0522. The van der Waals surface area contributed by atoms with E-state index in [4.69, 9.17) is 22.6 Å². The molecule has 21 heteroatoms. The van der Waals surface area contributed by atoms with Crippen LogP contribution in [0.5, 0.6) is 0 Å². The first-order valence-electron chi connectivity index (χ1n) is 38.1. The maximum atomic E-state index is 12.4. The van der Waals surface area contributed by atoms with E-state index in [0.29, 0.717) is 109 Å². The summed E-state index contributed by atoms with van der Waals surface area (Å²) in [4.78, 5) is 81.9. The summed E-state index contributed by atoms with van der Waals surface area (Å²) in [5.74, 6) is 3.88. The maximum absolute atomic E-state index is 12.4. The van der Waals surface area contributed by atoms with Crippen molar-refractivity contribution in [3.05, 3.63) is 355 Å². The van der Waals surface area contributed by atoms with Gasteiger partial charge in [0.25, 0.3) is 0 Å². The summed E-state index contributed by atoms with van der Waals surface area (Å²) in [7, 11) is 0. The zero-order chi connectivity index (χ0) is 82.0. The molecule has 20 nitrogen and oxygen atoms in total. The van der Waals surface area contributed by atoms with Crippen LogP contribution in [0.2, 0.25) is 0 Å². The Kier molecular flexibility index (Phi) is 29.5. The largest absolute Gasteiger partial charge is 0.361 e. The number of Topliss-reactive ketones (excluding diaryl/α,β-unsaturated/α-hetero) is 5. The van der Waals surface area contributed by atoms with Crippen molar-refractivity contribution in [3.8, 4) is 56.3 Å². The fraction of sp³-hybridized carbons (Fsp3) is 0.211. The Morgan fingerprint density at radius 2 is 0.595 bits per heavy atom. The van der Waals surface area contributed by atoms with Crippen LogP contribution in [-0.2, 0) is 32.1 Å². The smallest absolute Gasteiger partial charge is 0.165 e. The van der Waals surface area contributed by atoms with E-state index in [2.05, 4.69) is 72.7 Å². The maximum Gasteiger partial charge on any atom is 0.165 e. The van der Waals surface area contributed by atoms with Crippen molar-refractivity contribution in [2.75, 3.05) is 0 Å². The molecule has 116 heavy (non-hydrogen) atoms. The van der Waals surface area contributed by atoms with Crippen molar-refractivity contribution < 1.29 is 46.6 Å². The highest BCUT2D eigenvalue weighted by Gasteiger charge is 2.19. The van der Waals surface area contributed by atoms with Gasteiger partial charge in [-0.3, -0.25) is 48.9 Å². The molecule has 0 aliphatic carbocycles. The minimum atomic E-state index is 0.0522. The Morgan fingerprint density at radius 1 is 0.284 bits per heavy atom. The molecule has 0 aliphatic heterocycles. The number of carbonyl (C=O) groups is 5. The average Bonchev–Trinajstić information content (AvgIpc) is 1.74. The van der Waals surface area contributed by atoms with E-state index in [9.17, 15) is 24.0 Å². The van der Waals surface area contributed by atoms with Crippen LogP contribution in [0.4, 0.5) is 0 Å². The third-order valence-corrected chi connectivity index (χ3v) is 19.4. The summed E-state index contributed by atoms with van der Waals surface area (Å²) >= 11 is 3.50. The van der Waals surface area contributed by atoms with Crippen molar-refractivity contribution in [2.24, 2.45) is 0 Å². The number of nitrogens with zero attached hydrogens (tertiary/aromatic N) is 10. The minimum Gasteiger partial charge on any atom is -0.361 e. The van der Waals surface area contributed by atoms with Crippen LogP contribution in [-0.4, -0.2) is 79.6 Å². The predicted octanol–water partition coefficient (Wildman–Crippen LogP) is 21.6. The molecule has 0 radical (unpaired) electrons. The number of halogens is 1. The highest BCUT2D eigenvalue weighted by molar-refractivity contribution is 9.10. The van der Waals surface area contributed by atoms with E-state index in [-0.39, 0.29) is 28.9 Å². The number of carbonyl (C=O) groups excluding carboxylic acids is 5. The van der Waals surface area contributed by atoms with Gasteiger partial charge in [-0.05, 0) is 142 Å². The molecule has 0 aliphatic rings. The fourth-order valence-corrected chi connectivity index (χ4v) is 12.4. The second-order valence-corrected chi connectivity index (χ2v) is 29.1. The van der Waals surface area contributed by atoms with E-state index in [1.807, 2.05) is 269 Å². The van der Waals surface area contributed by atoms with Gasteiger partial charge in [0.15, 0.2) is 28.9 Å². The number of aromatic nitrogens is 10. The summed E-state index contributed by atoms with van der Waals surface area (Å²) in [6.45, 7) is 19.6. The highest BCUT2D eigenvalue weighted by Crippen LogP contribution is 2.30. The van der Waals surface area contributed by atoms with Crippen LogP contribution >= 0.6 is 15.9 Å². The normalized spacial score (nSPS) is 10.7. The van der Waals surface area contributed by atoms with E-state index in [1.165, 1.54) is 22.3 Å². The molecule has 0 atom stereocenters. The quantitative estimate of drug-likeness (QED) is 0.0481. The van der Waals surface area contributed by atoms with Gasteiger partial charge < -0.3 is 22.6 Å². The van der Waals surface area contributed by atoms with Crippen LogP contribution in [0.25, 0.3) is 56.3 Å². The van der Waals surface area contributed by atoms with Crippen molar-refractivity contribution in [2.45, 2.75) is 133 Å². The first kappa shape index (κ1) is 83.7. The van der Waals surface area contributed by atoms with Crippen LogP contribution in [0, 0.1) is 69.2 Å². The molecular weight excluding hydrogens is 1520 g/mol. The first-order valence-corrected chi connectivity index (χ1v) is 38.9. The molecule has 0 saturated heterocycles. The summed E-state index contributed by atoms with van der Waals surface area (Å²) < 4.78 is 27.7. The molecule has 0 amide bonds. The van der Waals surface area contributed by atoms with E-state index in [0.717, 1.165) is 106 Å². The van der Waals surface area contributed by atoms with E-state index >= 15 is 0 Å². The SMILES string of the molecule is Cc1ccc(-c2cc(CCC(=O)c3ccc(C)nc3)on2)cc1.Cc1ccc(-c2cc(CCC(=O)c3ccc(C)nc3)on2)cc1.Cc1ccc(-c2cc(CCC(=O)c3ccc(C)nc3C)on2)cc1.Cc1ccc(C(=O)CCc2cc(-c3ccccc3Br)no2)cn1.Cc1cccc(-c2cc(CCC(=O)c3ccc(C)nc3)on2)c1. The van der Waals surface area contributed by atoms with Gasteiger partial charge in [-0.25, -0.2) is 0 Å². The van der Waals surface area contributed by atoms with Gasteiger partial charge >= 0.3 is 0 Å². The van der Waals surface area contributed by atoms with Crippen LogP contribution < -0.4 is 0 Å². The third-order valence-electron chi connectivity index (χ3n) is 18.8. The molecule has 10 heterocycles. The van der Waals surface area contributed by atoms with Crippen molar-refractivity contribution in [1.82, 2.24) is 50.7 Å². The lowest BCUT2D eigenvalue weighted by Gasteiger charge is -2.04. The Morgan fingerprint density at radius 3 is 0.914 bits per heavy atom. The third kappa shape index (κ3) is 24.9. The number of pyridine rings is 5. The molecule has 0 fully saturated rings. The second kappa shape index (κ2) is 41.0. The van der Waals surface area contributed by atoms with Gasteiger partial charge in [0.2, 0.25) is 0 Å². The molecule has 0 bridgehead atoms. The Hall–Kier alpha value is -13.3. The molecular formula is C95H89BrN10O10. The van der Waals surface area contributed by atoms with E-state index in [1.54, 1.807) is 30.9 Å². The van der Waals surface area contributed by atoms with Crippen molar-refractivity contribution >= 4 is 44.8 Å². The molecule has 5 aromatic carbocycles. The lowest BCUT2D eigenvalue weighted by Crippen LogP contribution is -2.05.